The van der Waals surface area contributed by atoms with E-state index < -0.39 is 18.8 Å². The molecule has 1 fully saturated rings. The van der Waals surface area contributed by atoms with Crippen LogP contribution < -0.4 is 5.43 Å². The second kappa shape index (κ2) is 7.52. The number of piperidine rings is 1. The number of thiophene rings is 1. The van der Waals surface area contributed by atoms with E-state index >= 15 is 0 Å². The summed E-state index contributed by atoms with van der Waals surface area (Å²) in [6.45, 7) is -0.504. The highest BCUT2D eigenvalue weighted by atomic mass is 79.9. The molecule has 0 atom stereocenters. The van der Waals surface area contributed by atoms with Gasteiger partial charge in [-0.05, 0) is 40.2 Å². The molecule has 0 unspecified atom stereocenters. The zero-order valence-electron chi connectivity index (χ0n) is 11.9. The Morgan fingerprint density at radius 1 is 1.48 bits per heavy atom. The largest absolute Gasteiger partial charge is 0.465 e. The molecule has 0 aromatic carbocycles. The fourth-order valence-electron chi connectivity index (χ4n) is 2.36. The van der Waals surface area contributed by atoms with Crippen molar-refractivity contribution in [2.75, 3.05) is 19.6 Å². The van der Waals surface area contributed by atoms with Gasteiger partial charge in [0.2, 0.25) is 0 Å². The Kier molecular flexibility index (Phi) is 5.90. The molecule has 1 aromatic rings. The number of rotatable bonds is 4. The first-order valence-corrected chi connectivity index (χ1v) is 8.53. The molecule has 2 N–H and O–H groups in total. The monoisotopic (exact) mass is 413 g/mol. The Labute approximate surface area is 143 Å². The number of carboxylic acid groups (broad SMARTS) is 1. The fraction of sp³-hybridized carbons (Fsp3) is 0.538. The van der Waals surface area contributed by atoms with Crippen molar-refractivity contribution >= 4 is 39.1 Å². The average Bonchev–Trinajstić information content (AvgIpc) is 2.89. The third-order valence-corrected chi connectivity index (χ3v) is 5.34. The zero-order chi connectivity index (χ0) is 17.0. The van der Waals surface area contributed by atoms with Gasteiger partial charge in [-0.25, -0.2) is 4.79 Å². The predicted molar refractivity (Wildman–Crippen MR) is 84.9 cm³/mol. The Morgan fingerprint density at radius 2 is 2.13 bits per heavy atom. The third-order valence-electron chi connectivity index (χ3n) is 3.48. The quantitative estimate of drug-likeness (QED) is 0.583. The summed E-state index contributed by atoms with van der Waals surface area (Å²) in [5.74, 6) is -0.0821. The number of nitrogens with zero attached hydrogens (tertiary/aromatic N) is 2. The highest BCUT2D eigenvalue weighted by molar-refractivity contribution is 9.10. The molecule has 1 aliphatic rings. The minimum Gasteiger partial charge on any atom is -0.465 e. The minimum absolute atomic E-state index is 0.0821. The number of nitrogens with one attached hydrogen (secondary N) is 1. The number of halogens is 4. The van der Waals surface area contributed by atoms with Gasteiger partial charge in [-0.1, -0.05) is 0 Å². The Bertz CT molecular complexity index is 583. The summed E-state index contributed by atoms with van der Waals surface area (Å²) in [6.07, 6.45) is -4.25. The van der Waals surface area contributed by atoms with Crippen LogP contribution in [0.5, 0.6) is 0 Å². The molecule has 0 saturated carbocycles. The number of alkyl halides is 3. The SMILES string of the molecule is O=C(O)N1CCC(/C(=N\NCC(F)(F)F)c2sccc2Br)CC1. The molecule has 0 radical (unpaired) electrons. The lowest BCUT2D eigenvalue weighted by Crippen LogP contribution is -2.40. The van der Waals surface area contributed by atoms with Crippen molar-refractivity contribution in [3.63, 3.8) is 0 Å². The van der Waals surface area contributed by atoms with E-state index in [0.717, 1.165) is 9.35 Å². The first-order chi connectivity index (χ1) is 10.8. The summed E-state index contributed by atoms with van der Waals surface area (Å²) in [7, 11) is 0. The lowest BCUT2D eigenvalue weighted by Gasteiger charge is -2.30. The average molecular weight is 414 g/mol. The van der Waals surface area contributed by atoms with Gasteiger partial charge in [-0.15, -0.1) is 11.3 Å². The Morgan fingerprint density at radius 3 is 2.61 bits per heavy atom. The van der Waals surface area contributed by atoms with Crippen LogP contribution in [0, 0.1) is 5.92 Å². The van der Waals surface area contributed by atoms with E-state index in [0.29, 0.717) is 31.6 Å². The second-order valence-electron chi connectivity index (χ2n) is 5.09. The van der Waals surface area contributed by atoms with Crippen molar-refractivity contribution in [1.29, 1.82) is 0 Å². The molecule has 5 nitrogen and oxygen atoms in total. The first-order valence-electron chi connectivity index (χ1n) is 6.86. The van der Waals surface area contributed by atoms with Gasteiger partial charge in [0, 0.05) is 23.5 Å². The highest BCUT2D eigenvalue weighted by Gasteiger charge is 2.30. The van der Waals surface area contributed by atoms with E-state index in [2.05, 4.69) is 26.5 Å². The van der Waals surface area contributed by atoms with Gasteiger partial charge in [0.15, 0.2) is 0 Å². The summed E-state index contributed by atoms with van der Waals surface area (Å²) in [5, 5.41) is 14.8. The smallest absolute Gasteiger partial charge is 0.407 e. The van der Waals surface area contributed by atoms with Crippen LogP contribution in [0.15, 0.2) is 21.0 Å². The standard InChI is InChI=1S/C13H15BrF3N3O2S/c14-9-3-6-23-11(9)10(19-18-7-13(15,16)17)8-1-4-20(5-2-8)12(21)22/h3,6,8,18H,1-2,4-5,7H2,(H,21,22)/b19-10+. The van der Waals surface area contributed by atoms with E-state index in [1.165, 1.54) is 16.2 Å². The van der Waals surface area contributed by atoms with Crippen LogP contribution in [-0.2, 0) is 0 Å². The maximum atomic E-state index is 12.3. The second-order valence-corrected chi connectivity index (χ2v) is 6.86. The highest BCUT2D eigenvalue weighted by Crippen LogP contribution is 2.30. The number of hydrogen-bond donors (Lipinski definition) is 2. The van der Waals surface area contributed by atoms with Crippen LogP contribution in [0.3, 0.4) is 0 Å². The summed E-state index contributed by atoms with van der Waals surface area (Å²) >= 11 is 4.76. The van der Waals surface area contributed by atoms with Crippen LogP contribution in [0.4, 0.5) is 18.0 Å². The van der Waals surface area contributed by atoms with E-state index in [1.54, 1.807) is 0 Å². The predicted octanol–water partition coefficient (Wildman–Crippen LogP) is 3.76. The Balaban J connectivity index is 2.13. The first kappa shape index (κ1) is 18.1. The van der Waals surface area contributed by atoms with E-state index in [9.17, 15) is 18.0 Å². The summed E-state index contributed by atoms with van der Waals surface area (Å²) in [6, 6.07) is 1.81. The normalized spacial score (nSPS) is 17.4. The summed E-state index contributed by atoms with van der Waals surface area (Å²) in [4.78, 5) is 13.0. The van der Waals surface area contributed by atoms with Gasteiger partial charge < -0.3 is 15.4 Å². The van der Waals surface area contributed by atoms with Gasteiger partial charge in [0.25, 0.3) is 0 Å². The molecule has 1 saturated heterocycles. The lowest BCUT2D eigenvalue weighted by molar-refractivity contribution is -0.124. The maximum Gasteiger partial charge on any atom is 0.407 e. The molecule has 1 aromatic heterocycles. The molecule has 0 spiro atoms. The maximum absolute atomic E-state index is 12.3. The van der Waals surface area contributed by atoms with Crippen LogP contribution >= 0.6 is 27.3 Å². The van der Waals surface area contributed by atoms with Crippen molar-refractivity contribution in [3.8, 4) is 0 Å². The van der Waals surface area contributed by atoms with Gasteiger partial charge in [-0.2, -0.15) is 18.3 Å². The molecule has 1 aliphatic heterocycles. The molecule has 1 amide bonds. The zero-order valence-corrected chi connectivity index (χ0v) is 14.3. The fourth-order valence-corrected chi connectivity index (χ4v) is 4.01. The molecular weight excluding hydrogens is 399 g/mol. The van der Waals surface area contributed by atoms with Gasteiger partial charge in [-0.3, -0.25) is 0 Å². The third kappa shape index (κ3) is 5.10. The van der Waals surface area contributed by atoms with Crippen molar-refractivity contribution in [3.05, 3.63) is 20.8 Å². The number of hydrazone groups is 1. The number of carbonyl (C=O) groups is 1. The van der Waals surface area contributed by atoms with Gasteiger partial charge in [0.05, 0.1) is 10.6 Å². The summed E-state index contributed by atoms with van der Waals surface area (Å²) in [5.41, 5.74) is 2.63. The molecule has 23 heavy (non-hydrogen) atoms. The number of likely N-dealkylation sites (tertiary alicyclic amines) is 1. The van der Waals surface area contributed by atoms with Gasteiger partial charge in [0.1, 0.15) is 6.54 Å². The van der Waals surface area contributed by atoms with E-state index in [1.807, 2.05) is 11.4 Å². The number of hydrogen-bond acceptors (Lipinski definition) is 4. The topological polar surface area (TPSA) is 64.9 Å². The molecule has 0 bridgehead atoms. The molecule has 2 heterocycles. The Hall–Kier alpha value is -1.29. The van der Waals surface area contributed by atoms with Crippen molar-refractivity contribution in [1.82, 2.24) is 10.3 Å². The van der Waals surface area contributed by atoms with Crippen LogP contribution in [0.2, 0.25) is 0 Å². The molecular formula is C13H15BrF3N3O2S. The number of amides is 1. The molecule has 10 heteroatoms. The molecule has 0 aliphatic carbocycles. The van der Waals surface area contributed by atoms with Crippen LogP contribution in [-0.4, -0.2) is 47.6 Å². The van der Waals surface area contributed by atoms with Crippen molar-refractivity contribution in [2.45, 2.75) is 19.0 Å². The van der Waals surface area contributed by atoms with Crippen molar-refractivity contribution < 1.29 is 23.1 Å². The lowest BCUT2D eigenvalue weighted by atomic mass is 9.91. The molecule has 128 valence electrons. The van der Waals surface area contributed by atoms with Crippen LogP contribution in [0.25, 0.3) is 0 Å². The summed E-state index contributed by atoms with van der Waals surface area (Å²) < 4.78 is 37.7. The van der Waals surface area contributed by atoms with Crippen molar-refractivity contribution in [2.24, 2.45) is 11.0 Å². The molecule has 2 rings (SSSR count). The van der Waals surface area contributed by atoms with E-state index in [-0.39, 0.29) is 5.92 Å². The van der Waals surface area contributed by atoms with Crippen LogP contribution in [0.1, 0.15) is 17.7 Å². The van der Waals surface area contributed by atoms with Gasteiger partial charge >= 0.3 is 12.3 Å². The minimum atomic E-state index is -4.34. The van der Waals surface area contributed by atoms with E-state index in [4.69, 9.17) is 5.11 Å².